The van der Waals surface area contributed by atoms with E-state index in [1.54, 1.807) is 6.20 Å². The van der Waals surface area contributed by atoms with E-state index in [4.69, 9.17) is 0 Å². The first-order chi connectivity index (χ1) is 11.9. The second kappa shape index (κ2) is 6.78. The lowest BCUT2D eigenvalue weighted by molar-refractivity contribution is 0.579. The molecule has 0 fully saturated rings. The fourth-order valence-corrected chi connectivity index (χ4v) is 3.66. The number of hydrogen-bond acceptors (Lipinski definition) is 3. The van der Waals surface area contributed by atoms with Gasteiger partial charge in [0.1, 0.15) is 11.6 Å². The van der Waals surface area contributed by atoms with Gasteiger partial charge in [-0.3, -0.25) is 0 Å². The Morgan fingerprint density at radius 1 is 1.16 bits per heavy atom. The zero-order valence-electron chi connectivity index (χ0n) is 13.9. The van der Waals surface area contributed by atoms with E-state index in [0.29, 0.717) is 0 Å². The van der Waals surface area contributed by atoms with Crippen molar-refractivity contribution in [3.63, 3.8) is 0 Å². The van der Waals surface area contributed by atoms with Crippen LogP contribution in [0.3, 0.4) is 0 Å². The molecule has 1 N–H and O–H groups in total. The zero-order valence-corrected chi connectivity index (χ0v) is 14.7. The Hall–Kier alpha value is -2.51. The average molecular weight is 359 g/mol. The molecule has 0 saturated carbocycles. The first-order valence-corrected chi connectivity index (χ1v) is 9.21. The van der Waals surface area contributed by atoms with Crippen LogP contribution in [-0.2, 0) is 16.6 Å². The standard InChI is InChI=1S/C18H18FN3O2S/c1-13-11-16(7-8-17(13)19)25(23,24)21-12-15-5-3-4-6-18(15)22-10-9-20-14(22)2/h3-11,21H,12H2,1-2H3. The Bertz CT molecular complexity index is 1010. The van der Waals surface area contributed by atoms with Gasteiger partial charge in [-0.2, -0.15) is 0 Å². The van der Waals surface area contributed by atoms with Gasteiger partial charge in [0, 0.05) is 18.9 Å². The highest BCUT2D eigenvalue weighted by molar-refractivity contribution is 7.89. The summed E-state index contributed by atoms with van der Waals surface area (Å²) in [6.45, 7) is 3.53. The van der Waals surface area contributed by atoms with Crippen LogP contribution in [0.25, 0.3) is 5.69 Å². The number of imidazole rings is 1. The summed E-state index contributed by atoms with van der Waals surface area (Å²) < 4.78 is 42.8. The minimum atomic E-state index is -3.73. The molecule has 0 aliphatic rings. The number of aryl methyl sites for hydroxylation is 2. The van der Waals surface area contributed by atoms with Gasteiger partial charge in [-0.05, 0) is 49.2 Å². The molecule has 1 heterocycles. The molecule has 0 aliphatic heterocycles. The van der Waals surface area contributed by atoms with E-state index in [1.807, 2.05) is 42.0 Å². The molecule has 0 radical (unpaired) electrons. The molecule has 0 bridgehead atoms. The van der Waals surface area contributed by atoms with Crippen molar-refractivity contribution < 1.29 is 12.8 Å². The molecule has 0 spiro atoms. The molecule has 3 aromatic rings. The summed E-state index contributed by atoms with van der Waals surface area (Å²) in [6.07, 6.45) is 3.52. The van der Waals surface area contributed by atoms with Crippen LogP contribution in [0.5, 0.6) is 0 Å². The molecule has 0 unspecified atom stereocenters. The SMILES string of the molecule is Cc1cc(S(=O)(=O)NCc2ccccc2-n2ccnc2C)ccc1F. The number of para-hydroxylation sites is 1. The number of hydrogen-bond donors (Lipinski definition) is 1. The molecule has 0 amide bonds. The molecule has 3 rings (SSSR count). The van der Waals surface area contributed by atoms with Crippen molar-refractivity contribution in [1.82, 2.24) is 14.3 Å². The molecule has 7 heteroatoms. The molecule has 0 atom stereocenters. The smallest absolute Gasteiger partial charge is 0.240 e. The topological polar surface area (TPSA) is 64.0 Å². The summed E-state index contributed by atoms with van der Waals surface area (Å²) >= 11 is 0. The number of aromatic nitrogens is 2. The van der Waals surface area contributed by atoms with E-state index in [9.17, 15) is 12.8 Å². The number of nitrogens with one attached hydrogen (secondary N) is 1. The Morgan fingerprint density at radius 2 is 1.92 bits per heavy atom. The van der Waals surface area contributed by atoms with Gasteiger partial charge in [0.2, 0.25) is 10.0 Å². The molecule has 0 aliphatic carbocycles. The van der Waals surface area contributed by atoms with Crippen LogP contribution in [0.4, 0.5) is 4.39 Å². The van der Waals surface area contributed by atoms with Crippen LogP contribution in [0.15, 0.2) is 59.8 Å². The molecule has 1 aromatic heterocycles. The monoisotopic (exact) mass is 359 g/mol. The summed E-state index contributed by atoms with van der Waals surface area (Å²) in [6, 6.07) is 11.2. The first kappa shape index (κ1) is 17.3. The molecular weight excluding hydrogens is 341 g/mol. The Labute approximate surface area is 146 Å². The lowest BCUT2D eigenvalue weighted by atomic mass is 10.2. The van der Waals surface area contributed by atoms with E-state index in [2.05, 4.69) is 9.71 Å². The average Bonchev–Trinajstić information content (AvgIpc) is 3.01. The normalized spacial score (nSPS) is 11.6. The van der Waals surface area contributed by atoms with Gasteiger partial charge in [0.15, 0.2) is 0 Å². The fraction of sp³-hybridized carbons (Fsp3) is 0.167. The molecule has 5 nitrogen and oxygen atoms in total. The number of rotatable bonds is 5. The van der Waals surface area contributed by atoms with Crippen molar-refractivity contribution >= 4 is 10.0 Å². The third-order valence-corrected chi connectivity index (χ3v) is 5.37. The van der Waals surface area contributed by atoms with E-state index in [1.165, 1.54) is 19.1 Å². The van der Waals surface area contributed by atoms with E-state index < -0.39 is 15.8 Å². The van der Waals surface area contributed by atoms with E-state index in [-0.39, 0.29) is 17.0 Å². The maximum Gasteiger partial charge on any atom is 0.240 e. The third-order valence-electron chi connectivity index (χ3n) is 3.97. The van der Waals surface area contributed by atoms with Crippen molar-refractivity contribution in [3.8, 4) is 5.69 Å². The summed E-state index contributed by atoms with van der Waals surface area (Å²) in [4.78, 5) is 4.24. The van der Waals surface area contributed by atoms with Gasteiger partial charge in [0.25, 0.3) is 0 Å². The molecular formula is C18H18FN3O2S. The largest absolute Gasteiger partial charge is 0.304 e. The van der Waals surface area contributed by atoms with E-state index >= 15 is 0 Å². The molecule has 0 saturated heterocycles. The van der Waals surface area contributed by atoms with Crippen molar-refractivity contribution in [3.05, 3.63) is 77.6 Å². The minimum Gasteiger partial charge on any atom is -0.304 e. The first-order valence-electron chi connectivity index (χ1n) is 7.72. The lowest BCUT2D eigenvalue weighted by Crippen LogP contribution is -2.24. The van der Waals surface area contributed by atoms with Crippen LogP contribution in [0.1, 0.15) is 17.0 Å². The van der Waals surface area contributed by atoms with Crippen LogP contribution < -0.4 is 4.72 Å². The maximum atomic E-state index is 13.4. The van der Waals surface area contributed by atoms with Crippen molar-refractivity contribution in [2.45, 2.75) is 25.3 Å². The summed E-state index contributed by atoms with van der Waals surface area (Å²) in [7, 11) is -3.73. The van der Waals surface area contributed by atoms with Gasteiger partial charge in [0.05, 0.1) is 10.6 Å². The lowest BCUT2D eigenvalue weighted by Gasteiger charge is -2.13. The number of benzene rings is 2. The van der Waals surface area contributed by atoms with Crippen LogP contribution in [0, 0.1) is 19.7 Å². The third kappa shape index (κ3) is 3.62. The van der Waals surface area contributed by atoms with Gasteiger partial charge < -0.3 is 4.57 Å². The quantitative estimate of drug-likeness (QED) is 0.761. The Balaban J connectivity index is 1.87. The maximum absolute atomic E-state index is 13.4. The molecule has 25 heavy (non-hydrogen) atoms. The highest BCUT2D eigenvalue weighted by atomic mass is 32.2. The molecule has 2 aromatic carbocycles. The predicted octanol–water partition coefficient (Wildman–Crippen LogP) is 3.11. The fourth-order valence-electron chi connectivity index (χ4n) is 2.57. The van der Waals surface area contributed by atoms with Gasteiger partial charge in [-0.15, -0.1) is 0 Å². The van der Waals surface area contributed by atoms with Crippen molar-refractivity contribution in [1.29, 1.82) is 0 Å². The minimum absolute atomic E-state index is 0.0442. The second-order valence-corrected chi connectivity index (χ2v) is 7.48. The predicted molar refractivity (Wildman–Crippen MR) is 93.5 cm³/mol. The Morgan fingerprint density at radius 3 is 2.60 bits per heavy atom. The summed E-state index contributed by atoms with van der Waals surface area (Å²) in [5.41, 5.74) is 1.96. The van der Waals surface area contributed by atoms with Gasteiger partial charge in [-0.25, -0.2) is 22.5 Å². The Kier molecular flexibility index (Phi) is 4.69. The van der Waals surface area contributed by atoms with Gasteiger partial charge >= 0.3 is 0 Å². The zero-order chi connectivity index (χ0) is 18.0. The second-order valence-electron chi connectivity index (χ2n) is 5.71. The van der Waals surface area contributed by atoms with E-state index in [0.717, 1.165) is 23.1 Å². The van der Waals surface area contributed by atoms with Crippen molar-refractivity contribution in [2.75, 3.05) is 0 Å². The van der Waals surface area contributed by atoms with Crippen molar-refractivity contribution in [2.24, 2.45) is 0 Å². The van der Waals surface area contributed by atoms with Gasteiger partial charge in [-0.1, -0.05) is 18.2 Å². The van der Waals surface area contributed by atoms with Crippen LogP contribution in [-0.4, -0.2) is 18.0 Å². The molecule has 130 valence electrons. The highest BCUT2D eigenvalue weighted by Gasteiger charge is 2.16. The number of halogens is 1. The summed E-state index contributed by atoms with van der Waals surface area (Å²) in [5, 5.41) is 0. The van der Waals surface area contributed by atoms with Crippen LogP contribution >= 0.6 is 0 Å². The highest BCUT2D eigenvalue weighted by Crippen LogP contribution is 2.18. The summed E-state index contributed by atoms with van der Waals surface area (Å²) in [5.74, 6) is 0.379. The van der Waals surface area contributed by atoms with Crippen LogP contribution in [0.2, 0.25) is 0 Å². The number of sulfonamides is 1. The number of nitrogens with zero attached hydrogens (tertiary/aromatic N) is 2.